The van der Waals surface area contributed by atoms with Crippen LogP contribution in [0.4, 0.5) is 11.4 Å². The van der Waals surface area contributed by atoms with Crippen LogP contribution in [-0.4, -0.2) is 53.4 Å². The number of nitro benzene ring substituents is 1. The zero-order chi connectivity index (χ0) is 22.0. The van der Waals surface area contributed by atoms with E-state index in [0.29, 0.717) is 32.7 Å². The van der Waals surface area contributed by atoms with Crippen molar-refractivity contribution in [1.82, 2.24) is 9.88 Å². The van der Waals surface area contributed by atoms with Crippen molar-refractivity contribution < 1.29 is 9.72 Å². The molecular weight excluding hydrogens is 430 g/mol. The van der Waals surface area contributed by atoms with Crippen LogP contribution in [0.5, 0.6) is 0 Å². The number of nitrogens with two attached hydrogens (primary N) is 1. The summed E-state index contributed by atoms with van der Waals surface area (Å²) < 4.78 is 0. The Balaban J connectivity index is 0.00000289. The summed E-state index contributed by atoms with van der Waals surface area (Å²) in [5, 5.41) is 12.0. The van der Waals surface area contributed by atoms with Crippen molar-refractivity contribution in [3.8, 4) is 0 Å². The van der Waals surface area contributed by atoms with E-state index in [9.17, 15) is 14.9 Å². The second-order valence-electron chi connectivity index (χ2n) is 7.97. The minimum Gasteiger partial charge on any atom is -0.368 e. The molecule has 1 saturated heterocycles. The van der Waals surface area contributed by atoms with Gasteiger partial charge in [-0.05, 0) is 55.3 Å². The molecule has 1 aliphatic rings. The van der Waals surface area contributed by atoms with E-state index in [4.69, 9.17) is 5.73 Å². The number of aromatic amines is 1. The summed E-state index contributed by atoms with van der Waals surface area (Å²) in [6.07, 6.45) is 2.79. The number of nitro groups is 1. The van der Waals surface area contributed by atoms with Gasteiger partial charge in [0.25, 0.3) is 5.69 Å². The standard InChI is InChI=1S/C23H27N5O3.ClH/c1-16(17-2-7-22-21(14-17)18(8-9-24)15-25-22)23(29)27-12-10-26(11-13-27)19-3-5-20(6-4-19)28(30)31;/h2-7,14-16,25H,8-13,24H2,1H3;1H. The summed E-state index contributed by atoms with van der Waals surface area (Å²) in [5.74, 6) is -0.102. The predicted molar refractivity (Wildman–Crippen MR) is 129 cm³/mol. The molecule has 0 aliphatic carbocycles. The number of piperazine rings is 1. The van der Waals surface area contributed by atoms with Crippen LogP contribution < -0.4 is 10.6 Å². The lowest BCUT2D eigenvalue weighted by Crippen LogP contribution is -2.49. The van der Waals surface area contributed by atoms with Gasteiger partial charge in [0, 0.05) is 61.1 Å². The number of H-pyrrole nitrogens is 1. The lowest BCUT2D eigenvalue weighted by molar-refractivity contribution is -0.384. The fourth-order valence-electron chi connectivity index (χ4n) is 4.21. The SMILES string of the molecule is CC(C(=O)N1CCN(c2ccc([N+](=O)[O-])cc2)CC1)c1ccc2[nH]cc(CCN)c2c1.Cl. The topological polar surface area (TPSA) is 108 Å². The molecule has 8 nitrogen and oxygen atoms in total. The number of carbonyl (C=O) groups excluding carboxylic acids is 1. The molecule has 4 rings (SSSR count). The van der Waals surface area contributed by atoms with Crippen LogP contribution in [0.25, 0.3) is 10.9 Å². The zero-order valence-electron chi connectivity index (χ0n) is 18.0. The first-order chi connectivity index (χ1) is 15.0. The summed E-state index contributed by atoms with van der Waals surface area (Å²) in [4.78, 5) is 30.9. The molecule has 3 aromatic rings. The number of rotatable bonds is 6. The number of carbonyl (C=O) groups is 1. The zero-order valence-corrected chi connectivity index (χ0v) is 18.8. The molecule has 1 aliphatic heterocycles. The van der Waals surface area contributed by atoms with Gasteiger partial charge in [-0.1, -0.05) is 6.07 Å². The lowest BCUT2D eigenvalue weighted by atomic mass is 9.96. The molecule has 170 valence electrons. The highest BCUT2D eigenvalue weighted by molar-refractivity contribution is 5.88. The van der Waals surface area contributed by atoms with E-state index in [1.165, 1.54) is 17.7 Å². The Morgan fingerprint density at radius 1 is 1.16 bits per heavy atom. The molecule has 1 fully saturated rings. The van der Waals surface area contributed by atoms with Gasteiger partial charge in [0.1, 0.15) is 0 Å². The molecule has 0 radical (unpaired) electrons. The van der Waals surface area contributed by atoms with Gasteiger partial charge in [0.05, 0.1) is 10.8 Å². The monoisotopic (exact) mass is 457 g/mol. The fourth-order valence-corrected chi connectivity index (χ4v) is 4.21. The molecule has 2 aromatic carbocycles. The van der Waals surface area contributed by atoms with Gasteiger partial charge in [0.2, 0.25) is 5.91 Å². The molecule has 3 N–H and O–H groups in total. The third-order valence-electron chi connectivity index (χ3n) is 6.09. The second kappa shape index (κ2) is 10.0. The summed E-state index contributed by atoms with van der Waals surface area (Å²) in [6.45, 7) is 5.21. The maximum absolute atomic E-state index is 13.2. The van der Waals surface area contributed by atoms with E-state index < -0.39 is 4.92 Å². The Morgan fingerprint density at radius 2 is 1.84 bits per heavy atom. The number of benzene rings is 2. The van der Waals surface area contributed by atoms with Crippen molar-refractivity contribution in [3.63, 3.8) is 0 Å². The van der Waals surface area contributed by atoms with Crippen LogP contribution >= 0.6 is 12.4 Å². The largest absolute Gasteiger partial charge is 0.368 e. The minimum absolute atomic E-state index is 0. The van der Waals surface area contributed by atoms with Crippen molar-refractivity contribution in [2.24, 2.45) is 5.73 Å². The van der Waals surface area contributed by atoms with Gasteiger partial charge in [-0.2, -0.15) is 0 Å². The highest BCUT2D eigenvalue weighted by atomic mass is 35.5. The van der Waals surface area contributed by atoms with E-state index in [2.05, 4.69) is 16.0 Å². The van der Waals surface area contributed by atoms with E-state index in [1.54, 1.807) is 12.1 Å². The number of fused-ring (bicyclic) bond motifs is 1. The number of hydrogen-bond donors (Lipinski definition) is 2. The molecule has 0 bridgehead atoms. The molecule has 1 amide bonds. The average molecular weight is 458 g/mol. The van der Waals surface area contributed by atoms with Gasteiger partial charge >= 0.3 is 0 Å². The molecule has 32 heavy (non-hydrogen) atoms. The van der Waals surface area contributed by atoms with E-state index >= 15 is 0 Å². The van der Waals surface area contributed by atoms with E-state index in [1.807, 2.05) is 30.2 Å². The predicted octanol–water partition coefficient (Wildman–Crippen LogP) is 3.45. The van der Waals surface area contributed by atoms with Crippen molar-refractivity contribution in [2.75, 3.05) is 37.6 Å². The minimum atomic E-state index is -0.397. The Kier molecular flexibility index (Phi) is 7.37. The number of aromatic nitrogens is 1. The maximum Gasteiger partial charge on any atom is 0.269 e. The molecule has 1 atom stereocenters. The molecule has 9 heteroatoms. The molecule has 0 saturated carbocycles. The number of amides is 1. The van der Waals surface area contributed by atoms with Crippen LogP contribution in [0, 0.1) is 10.1 Å². The highest BCUT2D eigenvalue weighted by Crippen LogP contribution is 2.27. The summed E-state index contributed by atoms with van der Waals surface area (Å²) >= 11 is 0. The van der Waals surface area contributed by atoms with E-state index in [0.717, 1.165) is 28.6 Å². The number of hydrogen-bond acceptors (Lipinski definition) is 5. The maximum atomic E-state index is 13.2. The van der Waals surface area contributed by atoms with Gasteiger partial charge < -0.3 is 20.5 Å². The van der Waals surface area contributed by atoms with E-state index in [-0.39, 0.29) is 29.9 Å². The van der Waals surface area contributed by atoms with Crippen molar-refractivity contribution in [1.29, 1.82) is 0 Å². The molecule has 0 spiro atoms. The fraction of sp³-hybridized carbons (Fsp3) is 0.348. The third-order valence-corrected chi connectivity index (χ3v) is 6.09. The highest BCUT2D eigenvalue weighted by Gasteiger charge is 2.26. The first-order valence-electron chi connectivity index (χ1n) is 10.6. The first kappa shape index (κ1) is 23.6. The number of halogens is 1. The van der Waals surface area contributed by atoms with Gasteiger partial charge in [0.15, 0.2) is 0 Å². The quantitative estimate of drug-likeness (QED) is 0.435. The third kappa shape index (κ3) is 4.71. The number of nitrogens with one attached hydrogen (secondary N) is 1. The van der Waals surface area contributed by atoms with Gasteiger partial charge in [-0.25, -0.2) is 0 Å². The van der Waals surface area contributed by atoms with Crippen LogP contribution in [0.3, 0.4) is 0 Å². The smallest absolute Gasteiger partial charge is 0.269 e. The average Bonchev–Trinajstić information content (AvgIpc) is 3.20. The van der Waals surface area contributed by atoms with Crippen molar-refractivity contribution in [3.05, 3.63) is 69.9 Å². The number of nitrogens with zero attached hydrogens (tertiary/aromatic N) is 3. The van der Waals surface area contributed by atoms with Crippen LogP contribution in [0.2, 0.25) is 0 Å². The Morgan fingerprint density at radius 3 is 2.47 bits per heavy atom. The number of non-ortho nitro benzene ring substituents is 1. The first-order valence-corrected chi connectivity index (χ1v) is 10.6. The summed E-state index contributed by atoms with van der Waals surface area (Å²) in [6, 6.07) is 12.7. The molecular formula is C23H28ClN5O3. The summed E-state index contributed by atoms with van der Waals surface area (Å²) in [5.41, 5.74) is 9.99. The van der Waals surface area contributed by atoms with Gasteiger partial charge in [-0.3, -0.25) is 14.9 Å². The van der Waals surface area contributed by atoms with Gasteiger partial charge in [-0.15, -0.1) is 12.4 Å². The second-order valence-corrected chi connectivity index (χ2v) is 7.97. The van der Waals surface area contributed by atoms with Crippen LogP contribution in [-0.2, 0) is 11.2 Å². The molecule has 2 heterocycles. The van der Waals surface area contributed by atoms with Crippen molar-refractivity contribution in [2.45, 2.75) is 19.3 Å². The number of anilines is 1. The Bertz CT molecular complexity index is 1090. The van der Waals surface area contributed by atoms with Crippen LogP contribution in [0.1, 0.15) is 24.0 Å². The normalized spacial score (nSPS) is 14.8. The Labute approximate surface area is 192 Å². The molecule has 1 aromatic heterocycles. The van der Waals surface area contributed by atoms with Crippen molar-refractivity contribution >= 4 is 40.6 Å². The van der Waals surface area contributed by atoms with Crippen LogP contribution in [0.15, 0.2) is 48.7 Å². The summed E-state index contributed by atoms with van der Waals surface area (Å²) in [7, 11) is 0. The lowest BCUT2D eigenvalue weighted by Gasteiger charge is -2.37. The Hall–Kier alpha value is -3.10. The molecule has 1 unspecified atom stereocenters.